The van der Waals surface area contributed by atoms with Gasteiger partial charge in [-0.1, -0.05) is 24.3 Å². The molecular weight excluding hydrogens is 500 g/mol. The Bertz CT molecular complexity index is 1320. The Balaban J connectivity index is 1.47. The summed E-state index contributed by atoms with van der Waals surface area (Å²) in [6.45, 7) is 3.84. The first-order valence-corrected chi connectivity index (χ1v) is 12.4. The molecule has 1 atom stereocenters. The lowest BCUT2D eigenvalue weighted by Crippen LogP contribution is -2.45. The van der Waals surface area contributed by atoms with Crippen LogP contribution in [-0.4, -0.2) is 83.6 Å². The number of nitrogens with one attached hydrogen (secondary N) is 2. The number of aromatic nitrogens is 3. The second-order valence-electron chi connectivity index (χ2n) is 8.95. The van der Waals surface area contributed by atoms with Crippen molar-refractivity contribution in [3.05, 3.63) is 65.2 Å². The lowest BCUT2D eigenvalue weighted by Gasteiger charge is -2.32. The van der Waals surface area contributed by atoms with Crippen LogP contribution in [0, 0.1) is 11.3 Å². The number of methoxy groups -OCH3 is 2. The first-order chi connectivity index (χ1) is 19.0. The molecule has 1 aliphatic heterocycles. The molecule has 0 unspecified atom stereocenters. The molecule has 2 heterocycles. The van der Waals surface area contributed by atoms with Gasteiger partial charge in [0, 0.05) is 44.8 Å². The highest BCUT2D eigenvalue weighted by molar-refractivity contribution is 5.79. The van der Waals surface area contributed by atoms with Gasteiger partial charge in [-0.3, -0.25) is 9.69 Å². The van der Waals surface area contributed by atoms with E-state index in [9.17, 15) is 9.59 Å². The molecule has 1 aromatic heterocycles. The number of nitrogens with zero attached hydrogens (tertiary/aromatic N) is 6. The van der Waals surface area contributed by atoms with Crippen molar-refractivity contribution in [2.24, 2.45) is 0 Å². The molecule has 1 saturated heterocycles. The number of nitriles is 1. The lowest BCUT2D eigenvalue weighted by molar-refractivity contribution is -0.141. The fourth-order valence-corrected chi connectivity index (χ4v) is 4.17. The Morgan fingerprint density at radius 1 is 1.05 bits per heavy atom. The number of hydrogen-bond acceptors (Lipinski definition) is 11. The molecule has 0 saturated carbocycles. The van der Waals surface area contributed by atoms with Gasteiger partial charge in [-0.2, -0.15) is 20.2 Å². The number of ether oxygens (including phenoxy) is 2. The molecule has 0 aliphatic carbocycles. The van der Waals surface area contributed by atoms with Gasteiger partial charge in [0.15, 0.2) is 0 Å². The molecule has 0 radical (unpaired) electrons. The molecule has 0 bridgehead atoms. The number of esters is 1. The molecule has 2 aromatic carbocycles. The topological polar surface area (TPSA) is 146 Å². The van der Waals surface area contributed by atoms with E-state index in [4.69, 9.17) is 14.7 Å². The largest absolute Gasteiger partial charge is 0.467 e. The number of rotatable bonds is 11. The van der Waals surface area contributed by atoms with E-state index >= 15 is 0 Å². The van der Waals surface area contributed by atoms with E-state index in [1.165, 1.54) is 14.2 Å². The highest BCUT2D eigenvalue weighted by Crippen LogP contribution is 2.20. The summed E-state index contributed by atoms with van der Waals surface area (Å²) in [6.07, 6.45) is 1.19. The smallest absolute Gasteiger partial charge is 0.328 e. The quantitative estimate of drug-likeness (QED) is 0.277. The van der Waals surface area contributed by atoms with Crippen molar-refractivity contribution in [3.8, 4) is 12.1 Å². The summed E-state index contributed by atoms with van der Waals surface area (Å²) >= 11 is 0. The fraction of sp³-hybridized carbons (Fsp3) is 0.333. The average molecular weight is 531 g/mol. The van der Waals surface area contributed by atoms with Crippen molar-refractivity contribution < 1.29 is 19.1 Å². The van der Waals surface area contributed by atoms with Crippen molar-refractivity contribution in [1.82, 2.24) is 24.8 Å². The minimum Gasteiger partial charge on any atom is -0.467 e. The van der Waals surface area contributed by atoms with Crippen LogP contribution in [0.1, 0.15) is 16.7 Å². The van der Waals surface area contributed by atoms with Gasteiger partial charge < -0.3 is 25.0 Å². The number of carbonyl (C=O) groups excluding carboxylic acids is 2. The van der Waals surface area contributed by atoms with Gasteiger partial charge in [-0.05, 0) is 35.4 Å². The third-order valence-corrected chi connectivity index (χ3v) is 6.25. The molecule has 39 heavy (non-hydrogen) atoms. The highest BCUT2D eigenvalue weighted by Gasteiger charge is 2.22. The summed E-state index contributed by atoms with van der Waals surface area (Å²) < 4.78 is 10.2. The van der Waals surface area contributed by atoms with E-state index in [1.54, 1.807) is 29.2 Å². The summed E-state index contributed by atoms with van der Waals surface area (Å²) in [5, 5.41) is 15.2. The maximum Gasteiger partial charge on any atom is 0.328 e. The van der Waals surface area contributed by atoms with Crippen LogP contribution < -0.4 is 15.4 Å². The summed E-state index contributed by atoms with van der Waals surface area (Å²) in [4.78, 5) is 40.6. The number of benzene rings is 2. The Kier molecular flexibility index (Phi) is 9.20. The van der Waals surface area contributed by atoms with Gasteiger partial charge in [0.1, 0.15) is 6.04 Å². The number of piperazine rings is 1. The average Bonchev–Trinajstić information content (AvgIpc) is 2.97. The minimum absolute atomic E-state index is 0.0705. The van der Waals surface area contributed by atoms with Gasteiger partial charge in [0.25, 0.3) is 0 Å². The van der Waals surface area contributed by atoms with Crippen LogP contribution in [0.25, 0.3) is 0 Å². The van der Waals surface area contributed by atoms with Crippen LogP contribution in [0.4, 0.5) is 17.6 Å². The van der Waals surface area contributed by atoms with Crippen LogP contribution in [0.15, 0.2) is 48.5 Å². The van der Waals surface area contributed by atoms with Crippen molar-refractivity contribution in [2.45, 2.75) is 19.0 Å². The Morgan fingerprint density at radius 2 is 1.79 bits per heavy atom. The number of carbonyl (C=O) groups is 2. The second-order valence-corrected chi connectivity index (χ2v) is 8.95. The maximum atomic E-state index is 12.5. The maximum absolute atomic E-state index is 12.5. The van der Waals surface area contributed by atoms with E-state index in [1.807, 2.05) is 24.3 Å². The van der Waals surface area contributed by atoms with E-state index in [0.29, 0.717) is 5.56 Å². The zero-order chi connectivity index (χ0) is 27.6. The summed E-state index contributed by atoms with van der Waals surface area (Å²) in [7, 11) is 2.76. The summed E-state index contributed by atoms with van der Waals surface area (Å²) in [5.41, 5.74) is 3.25. The molecule has 0 spiro atoms. The molecule has 1 amide bonds. The van der Waals surface area contributed by atoms with E-state index in [2.05, 4.69) is 36.6 Å². The first kappa shape index (κ1) is 27.3. The molecule has 3 aromatic rings. The normalized spacial score (nSPS) is 14.1. The van der Waals surface area contributed by atoms with Gasteiger partial charge in [-0.15, -0.1) is 0 Å². The zero-order valence-electron chi connectivity index (χ0n) is 21.8. The van der Waals surface area contributed by atoms with E-state index in [-0.39, 0.29) is 24.3 Å². The summed E-state index contributed by atoms with van der Waals surface area (Å²) in [6, 6.07) is 16.2. The predicted octanol–water partition coefficient (Wildman–Crippen LogP) is 1.97. The lowest BCUT2D eigenvalue weighted by atomic mass is 10.0. The number of anilines is 3. The molecular formula is C27H30N8O4. The summed E-state index contributed by atoms with van der Waals surface area (Å²) in [5.74, 6) is -0.115. The minimum atomic E-state index is -0.786. The van der Waals surface area contributed by atoms with Gasteiger partial charge in [0.05, 0.1) is 25.9 Å². The second kappa shape index (κ2) is 13.2. The Labute approximate surface area is 226 Å². The van der Waals surface area contributed by atoms with Crippen LogP contribution in [-0.2, 0) is 27.3 Å². The van der Waals surface area contributed by atoms with Crippen LogP contribution >= 0.6 is 0 Å². The standard InChI is InChI=1S/C27H30N8O4/c1-38-24(37)23(15-19-6-8-20(16-28)9-7-19)30-26-31-25(32-27(33-26)39-2)29-22-5-3-4-21(14-22)17-34-10-12-35(18-36)13-11-34/h3-9,14,18,23H,10-13,15,17H2,1-2H3,(H2,29,30,31,32,33)/t23-/m0/s1. The van der Waals surface area contributed by atoms with Crippen molar-refractivity contribution in [1.29, 1.82) is 5.26 Å². The van der Waals surface area contributed by atoms with Crippen molar-refractivity contribution in [2.75, 3.05) is 51.0 Å². The van der Waals surface area contributed by atoms with Crippen molar-refractivity contribution >= 4 is 30.0 Å². The van der Waals surface area contributed by atoms with E-state index < -0.39 is 12.0 Å². The molecule has 4 rings (SSSR count). The third kappa shape index (κ3) is 7.62. The molecule has 1 fully saturated rings. The SMILES string of the molecule is COC(=O)[C@H](Cc1ccc(C#N)cc1)Nc1nc(Nc2cccc(CN3CCN(C=O)CC3)c2)nc(OC)n1. The molecule has 12 heteroatoms. The number of amides is 1. The van der Waals surface area contributed by atoms with Crippen LogP contribution in [0.2, 0.25) is 0 Å². The first-order valence-electron chi connectivity index (χ1n) is 12.4. The van der Waals surface area contributed by atoms with Gasteiger partial charge in [0.2, 0.25) is 18.3 Å². The van der Waals surface area contributed by atoms with Crippen LogP contribution in [0.3, 0.4) is 0 Å². The van der Waals surface area contributed by atoms with Crippen molar-refractivity contribution in [3.63, 3.8) is 0 Å². The molecule has 2 N–H and O–H groups in total. The molecule has 12 nitrogen and oxygen atoms in total. The zero-order valence-corrected chi connectivity index (χ0v) is 21.8. The predicted molar refractivity (Wildman–Crippen MR) is 143 cm³/mol. The fourth-order valence-electron chi connectivity index (χ4n) is 4.17. The third-order valence-electron chi connectivity index (χ3n) is 6.25. The monoisotopic (exact) mass is 530 g/mol. The highest BCUT2D eigenvalue weighted by atomic mass is 16.5. The Hall–Kier alpha value is -4.76. The Morgan fingerprint density at radius 3 is 2.46 bits per heavy atom. The van der Waals surface area contributed by atoms with Gasteiger partial charge >= 0.3 is 12.0 Å². The van der Waals surface area contributed by atoms with Crippen LogP contribution in [0.5, 0.6) is 6.01 Å². The molecule has 202 valence electrons. The van der Waals surface area contributed by atoms with Gasteiger partial charge in [-0.25, -0.2) is 4.79 Å². The number of hydrogen-bond donors (Lipinski definition) is 2. The van der Waals surface area contributed by atoms with E-state index in [0.717, 1.165) is 55.9 Å². The molecule has 1 aliphatic rings.